The SMILES string of the molecule is CCCCCCCCOc1ccc(-c2ccc(OC(=O)c3ncc(CCCCCC)cn3)cc2)cc1F. The number of unbranched alkanes of at least 4 members (excludes halogenated alkanes) is 8. The topological polar surface area (TPSA) is 61.3 Å². The van der Waals surface area contributed by atoms with Crippen LogP contribution in [-0.2, 0) is 6.42 Å². The van der Waals surface area contributed by atoms with Gasteiger partial charge in [0.15, 0.2) is 11.6 Å². The van der Waals surface area contributed by atoms with Crippen LogP contribution in [0.2, 0.25) is 0 Å². The van der Waals surface area contributed by atoms with Crippen molar-refractivity contribution in [2.45, 2.75) is 84.5 Å². The lowest BCUT2D eigenvalue weighted by Gasteiger charge is -2.10. The van der Waals surface area contributed by atoms with Gasteiger partial charge in [-0.15, -0.1) is 0 Å². The molecule has 198 valence electrons. The highest BCUT2D eigenvalue weighted by atomic mass is 19.1. The van der Waals surface area contributed by atoms with E-state index >= 15 is 0 Å². The van der Waals surface area contributed by atoms with Crippen molar-refractivity contribution in [1.82, 2.24) is 9.97 Å². The van der Waals surface area contributed by atoms with Gasteiger partial charge in [-0.25, -0.2) is 19.2 Å². The molecular weight excluding hydrogens is 467 g/mol. The van der Waals surface area contributed by atoms with Gasteiger partial charge in [0, 0.05) is 12.4 Å². The summed E-state index contributed by atoms with van der Waals surface area (Å²) >= 11 is 0. The number of halogens is 1. The monoisotopic (exact) mass is 506 g/mol. The third kappa shape index (κ3) is 9.60. The molecule has 1 aromatic heterocycles. The Morgan fingerprint density at radius 1 is 0.784 bits per heavy atom. The number of aryl methyl sites for hydroxylation is 1. The Kier molecular flexibility index (Phi) is 12.0. The Hall–Kier alpha value is -3.28. The maximum absolute atomic E-state index is 14.6. The molecule has 6 heteroatoms. The van der Waals surface area contributed by atoms with Crippen molar-refractivity contribution >= 4 is 5.97 Å². The zero-order valence-electron chi connectivity index (χ0n) is 22.2. The summed E-state index contributed by atoms with van der Waals surface area (Å²) in [7, 11) is 0. The molecule has 0 N–H and O–H groups in total. The molecular formula is C31H39FN2O3. The molecule has 0 aliphatic heterocycles. The van der Waals surface area contributed by atoms with Crippen LogP contribution in [0.25, 0.3) is 11.1 Å². The van der Waals surface area contributed by atoms with E-state index in [1.165, 1.54) is 51.0 Å². The zero-order valence-corrected chi connectivity index (χ0v) is 22.2. The molecule has 0 spiro atoms. The van der Waals surface area contributed by atoms with Crippen LogP contribution in [0, 0.1) is 5.82 Å². The molecule has 0 aliphatic rings. The van der Waals surface area contributed by atoms with Crippen LogP contribution in [0.5, 0.6) is 11.5 Å². The predicted molar refractivity (Wildman–Crippen MR) is 146 cm³/mol. The number of ether oxygens (including phenoxy) is 2. The number of aromatic nitrogens is 2. The van der Waals surface area contributed by atoms with Gasteiger partial charge in [0.1, 0.15) is 5.75 Å². The third-order valence-corrected chi connectivity index (χ3v) is 6.29. The van der Waals surface area contributed by atoms with Gasteiger partial charge in [-0.05, 0) is 60.2 Å². The molecule has 3 aromatic rings. The summed E-state index contributed by atoms with van der Waals surface area (Å²) < 4.78 is 25.6. The van der Waals surface area contributed by atoms with Gasteiger partial charge in [-0.2, -0.15) is 0 Å². The average molecular weight is 507 g/mol. The molecule has 0 atom stereocenters. The van der Waals surface area contributed by atoms with Gasteiger partial charge in [-0.1, -0.05) is 83.4 Å². The minimum Gasteiger partial charge on any atom is -0.491 e. The van der Waals surface area contributed by atoms with Crippen molar-refractivity contribution < 1.29 is 18.7 Å². The number of benzene rings is 2. The Morgan fingerprint density at radius 3 is 2.08 bits per heavy atom. The Balaban J connectivity index is 1.48. The quantitative estimate of drug-likeness (QED) is 0.111. The van der Waals surface area contributed by atoms with Crippen molar-refractivity contribution in [1.29, 1.82) is 0 Å². The highest BCUT2D eigenvalue weighted by molar-refractivity contribution is 5.87. The number of rotatable bonds is 16. The normalized spacial score (nSPS) is 10.9. The van der Waals surface area contributed by atoms with E-state index in [2.05, 4.69) is 23.8 Å². The molecule has 1 heterocycles. The summed E-state index contributed by atoms with van der Waals surface area (Å²) in [5, 5.41) is 0. The highest BCUT2D eigenvalue weighted by Gasteiger charge is 2.13. The maximum atomic E-state index is 14.6. The summed E-state index contributed by atoms with van der Waals surface area (Å²) in [6, 6.07) is 11.9. The number of carbonyl (C=O) groups excluding carboxylic acids is 1. The average Bonchev–Trinajstić information content (AvgIpc) is 2.92. The van der Waals surface area contributed by atoms with Crippen LogP contribution in [0.4, 0.5) is 4.39 Å². The second-order valence-corrected chi connectivity index (χ2v) is 9.40. The van der Waals surface area contributed by atoms with Gasteiger partial charge < -0.3 is 9.47 Å². The van der Waals surface area contributed by atoms with Gasteiger partial charge in [0.25, 0.3) is 0 Å². The van der Waals surface area contributed by atoms with Crippen LogP contribution in [0.1, 0.15) is 94.2 Å². The van der Waals surface area contributed by atoms with Crippen molar-refractivity contribution in [3.8, 4) is 22.6 Å². The van der Waals surface area contributed by atoms with Gasteiger partial charge in [0.2, 0.25) is 5.82 Å². The van der Waals surface area contributed by atoms with E-state index in [1.807, 2.05) is 6.07 Å². The van der Waals surface area contributed by atoms with E-state index in [0.29, 0.717) is 12.4 Å². The van der Waals surface area contributed by atoms with Crippen LogP contribution in [0.3, 0.4) is 0 Å². The van der Waals surface area contributed by atoms with E-state index in [9.17, 15) is 9.18 Å². The molecule has 0 bridgehead atoms. The fourth-order valence-corrected chi connectivity index (χ4v) is 4.08. The van der Waals surface area contributed by atoms with E-state index in [0.717, 1.165) is 42.4 Å². The molecule has 0 unspecified atom stereocenters. The third-order valence-electron chi connectivity index (χ3n) is 6.29. The van der Waals surface area contributed by atoms with Gasteiger partial charge in [-0.3, -0.25) is 0 Å². The Morgan fingerprint density at radius 2 is 1.41 bits per heavy atom. The minimum atomic E-state index is -0.608. The molecule has 37 heavy (non-hydrogen) atoms. The van der Waals surface area contributed by atoms with E-state index < -0.39 is 5.97 Å². The molecule has 0 fully saturated rings. The number of carbonyl (C=O) groups is 1. The Bertz CT molecular complexity index is 1080. The van der Waals surface area contributed by atoms with Crippen molar-refractivity contribution in [2.75, 3.05) is 6.61 Å². The molecule has 2 aromatic carbocycles. The van der Waals surface area contributed by atoms with E-state index in [-0.39, 0.29) is 17.4 Å². The Labute approximate surface area is 220 Å². The standard InChI is InChI=1S/C31H39FN2O3/c1-3-5-7-9-10-12-20-36-29-19-16-26(21-28(29)32)25-14-17-27(18-15-25)37-31(35)30-33-22-24(23-34-30)13-11-8-6-4-2/h14-19,21-23H,3-13,20H2,1-2H3. The second-order valence-electron chi connectivity index (χ2n) is 9.40. The van der Waals surface area contributed by atoms with Gasteiger partial charge >= 0.3 is 5.97 Å². The first-order valence-electron chi connectivity index (χ1n) is 13.7. The van der Waals surface area contributed by atoms with Crippen LogP contribution >= 0.6 is 0 Å². The first-order chi connectivity index (χ1) is 18.1. The molecule has 0 radical (unpaired) electrons. The largest absolute Gasteiger partial charge is 0.491 e. The summed E-state index contributed by atoms with van der Waals surface area (Å²) in [6.45, 7) is 4.90. The highest BCUT2D eigenvalue weighted by Crippen LogP contribution is 2.27. The van der Waals surface area contributed by atoms with Crippen molar-refractivity contribution in [3.05, 3.63) is 72.1 Å². The lowest BCUT2D eigenvalue weighted by atomic mass is 10.1. The first-order valence-corrected chi connectivity index (χ1v) is 13.7. The minimum absolute atomic E-state index is 0.0278. The van der Waals surface area contributed by atoms with Crippen molar-refractivity contribution in [3.63, 3.8) is 0 Å². The van der Waals surface area contributed by atoms with Crippen LogP contribution < -0.4 is 9.47 Å². The summed E-state index contributed by atoms with van der Waals surface area (Å²) in [5.74, 6) is -0.316. The van der Waals surface area contributed by atoms with Crippen LogP contribution in [-0.4, -0.2) is 22.5 Å². The van der Waals surface area contributed by atoms with E-state index in [1.54, 1.807) is 42.7 Å². The molecule has 0 saturated carbocycles. The lowest BCUT2D eigenvalue weighted by Crippen LogP contribution is -2.13. The fraction of sp³-hybridized carbons (Fsp3) is 0.452. The second kappa shape index (κ2) is 15.7. The predicted octanol–water partition coefficient (Wildman–Crippen LogP) is 8.36. The summed E-state index contributed by atoms with van der Waals surface area (Å²) in [5.41, 5.74) is 2.55. The molecule has 0 amide bonds. The van der Waals surface area contributed by atoms with E-state index in [4.69, 9.17) is 9.47 Å². The summed E-state index contributed by atoms with van der Waals surface area (Å²) in [6.07, 6.45) is 15.9. The number of hydrogen-bond acceptors (Lipinski definition) is 5. The number of nitrogens with zero attached hydrogens (tertiary/aromatic N) is 2. The molecule has 5 nitrogen and oxygen atoms in total. The zero-order chi connectivity index (χ0) is 26.3. The number of esters is 1. The fourth-order valence-electron chi connectivity index (χ4n) is 4.08. The first kappa shape index (κ1) is 28.3. The van der Waals surface area contributed by atoms with Crippen molar-refractivity contribution in [2.24, 2.45) is 0 Å². The maximum Gasteiger partial charge on any atom is 0.381 e. The van der Waals surface area contributed by atoms with Crippen LogP contribution in [0.15, 0.2) is 54.9 Å². The smallest absolute Gasteiger partial charge is 0.381 e. The molecule has 0 saturated heterocycles. The lowest BCUT2D eigenvalue weighted by molar-refractivity contribution is 0.0721. The van der Waals surface area contributed by atoms with Gasteiger partial charge in [0.05, 0.1) is 6.61 Å². The molecule has 0 aliphatic carbocycles. The number of hydrogen-bond donors (Lipinski definition) is 0. The molecule has 3 rings (SSSR count). The summed E-state index contributed by atoms with van der Waals surface area (Å²) in [4.78, 5) is 20.7.